The van der Waals surface area contributed by atoms with Gasteiger partial charge in [-0.1, -0.05) is 24.3 Å². The summed E-state index contributed by atoms with van der Waals surface area (Å²) in [5, 5.41) is 6.62. The molecule has 7 nitrogen and oxygen atoms in total. The number of nitrogens with zero attached hydrogens (tertiary/aromatic N) is 3. The van der Waals surface area contributed by atoms with Crippen molar-refractivity contribution in [2.24, 2.45) is 7.05 Å². The normalized spacial score (nSPS) is 13.6. The topological polar surface area (TPSA) is 67.5 Å². The van der Waals surface area contributed by atoms with E-state index in [4.69, 9.17) is 14.2 Å². The molecular formula is C34H35F2N3O4. The lowest BCUT2D eigenvalue weighted by atomic mass is 9.97. The highest BCUT2D eigenvalue weighted by Crippen LogP contribution is 2.40. The number of carbonyl (C=O) groups excluding carboxylic acids is 1. The van der Waals surface area contributed by atoms with Crippen molar-refractivity contribution < 1.29 is 27.8 Å². The predicted octanol–water partition coefficient (Wildman–Crippen LogP) is 7.28. The average Bonchev–Trinajstić information content (AvgIpc) is 3.44. The van der Waals surface area contributed by atoms with Crippen LogP contribution in [0.1, 0.15) is 53.6 Å². The lowest BCUT2D eigenvalue weighted by molar-refractivity contribution is 0.0512. The van der Waals surface area contributed by atoms with Crippen molar-refractivity contribution in [2.45, 2.75) is 52.7 Å². The summed E-state index contributed by atoms with van der Waals surface area (Å²) < 4.78 is 51.6. The molecule has 0 saturated heterocycles. The highest BCUT2D eigenvalue weighted by molar-refractivity contribution is 6.05. The zero-order chi connectivity index (χ0) is 30.1. The Hall–Kier alpha value is -4.24. The standard InChI is InChI=1S/C34H35F2N3O4/c1-4-42-34(40)33-24(12-9-19-43-29-16-15-26(35)22-10-5-6-11-23(22)29)25-13-14-27(36)31-30-21(2)37-38(3)28(30)20-41-18-8-7-17-39(33)32(25)31/h5-6,10-11,13-16H,4,7-9,12,17-20H2,1-3H3. The van der Waals surface area contributed by atoms with E-state index < -0.39 is 5.97 Å². The molecule has 0 radical (unpaired) electrons. The van der Waals surface area contributed by atoms with Crippen LogP contribution in [0.4, 0.5) is 8.78 Å². The number of ether oxygens (including phenoxy) is 3. The van der Waals surface area contributed by atoms with Gasteiger partial charge in [0.1, 0.15) is 23.1 Å². The van der Waals surface area contributed by atoms with Crippen LogP contribution in [0, 0.1) is 18.6 Å². The number of benzene rings is 3. The Morgan fingerprint density at radius 3 is 2.60 bits per heavy atom. The molecule has 0 N–H and O–H groups in total. The second-order valence-electron chi connectivity index (χ2n) is 10.9. The Morgan fingerprint density at radius 1 is 1.00 bits per heavy atom. The number of carbonyl (C=O) groups is 1. The predicted molar refractivity (Wildman–Crippen MR) is 161 cm³/mol. The minimum atomic E-state index is -0.431. The van der Waals surface area contributed by atoms with Gasteiger partial charge in [0, 0.05) is 47.5 Å². The molecule has 2 aromatic heterocycles. The number of hydrogen-bond acceptors (Lipinski definition) is 5. The van der Waals surface area contributed by atoms with Crippen molar-refractivity contribution in [3.05, 3.63) is 82.8 Å². The Bertz CT molecular complexity index is 1820. The van der Waals surface area contributed by atoms with E-state index in [0.717, 1.165) is 29.5 Å². The van der Waals surface area contributed by atoms with Crippen LogP contribution in [-0.4, -0.2) is 40.1 Å². The van der Waals surface area contributed by atoms with Crippen molar-refractivity contribution in [3.63, 3.8) is 0 Å². The quantitative estimate of drug-likeness (QED) is 0.148. The first-order chi connectivity index (χ1) is 20.9. The maximum absolute atomic E-state index is 15.9. The molecule has 0 atom stereocenters. The molecule has 43 heavy (non-hydrogen) atoms. The summed E-state index contributed by atoms with van der Waals surface area (Å²) in [6.45, 7) is 5.59. The number of aryl methyl sites for hydroxylation is 4. The lowest BCUT2D eigenvalue weighted by Crippen LogP contribution is -2.15. The van der Waals surface area contributed by atoms with Crippen LogP contribution >= 0.6 is 0 Å². The molecule has 0 spiro atoms. The number of aromatic nitrogens is 3. The molecule has 0 bridgehead atoms. The Balaban J connectivity index is 1.44. The van der Waals surface area contributed by atoms with E-state index in [1.54, 1.807) is 35.9 Å². The van der Waals surface area contributed by atoms with E-state index >= 15 is 4.39 Å². The summed E-state index contributed by atoms with van der Waals surface area (Å²) >= 11 is 0. The summed E-state index contributed by atoms with van der Waals surface area (Å²) in [7, 11) is 1.84. The molecular weight excluding hydrogens is 552 g/mol. The van der Waals surface area contributed by atoms with Gasteiger partial charge in [-0.25, -0.2) is 13.6 Å². The largest absolute Gasteiger partial charge is 0.493 e. The van der Waals surface area contributed by atoms with Gasteiger partial charge < -0.3 is 18.8 Å². The number of rotatable bonds is 7. The second-order valence-corrected chi connectivity index (χ2v) is 10.9. The Kier molecular flexibility index (Phi) is 8.17. The summed E-state index contributed by atoms with van der Waals surface area (Å²) in [6, 6.07) is 13.5. The first-order valence-corrected chi connectivity index (χ1v) is 14.8. The number of fused-ring (bicyclic) bond motifs is 3. The molecule has 6 rings (SSSR count). The molecule has 1 aliphatic heterocycles. The van der Waals surface area contributed by atoms with Crippen LogP contribution in [-0.2, 0) is 36.1 Å². The fourth-order valence-electron chi connectivity index (χ4n) is 6.27. The second kappa shape index (κ2) is 12.2. The van der Waals surface area contributed by atoms with Crippen molar-refractivity contribution in [1.29, 1.82) is 0 Å². The molecule has 0 amide bonds. The van der Waals surface area contributed by atoms with Crippen LogP contribution in [0.25, 0.3) is 32.8 Å². The lowest BCUT2D eigenvalue weighted by Gasteiger charge is -2.14. The molecule has 3 heterocycles. The number of hydrogen-bond donors (Lipinski definition) is 0. The van der Waals surface area contributed by atoms with E-state index in [2.05, 4.69) is 5.10 Å². The van der Waals surface area contributed by atoms with Gasteiger partial charge in [-0.2, -0.15) is 5.10 Å². The maximum atomic E-state index is 15.9. The third-order valence-corrected chi connectivity index (χ3v) is 8.16. The minimum Gasteiger partial charge on any atom is -0.493 e. The fourth-order valence-corrected chi connectivity index (χ4v) is 6.27. The Labute approximate surface area is 249 Å². The van der Waals surface area contributed by atoms with E-state index in [-0.39, 0.29) is 18.2 Å². The van der Waals surface area contributed by atoms with E-state index in [9.17, 15) is 9.18 Å². The maximum Gasteiger partial charge on any atom is 0.355 e. The van der Waals surface area contributed by atoms with Crippen molar-refractivity contribution in [2.75, 3.05) is 19.8 Å². The van der Waals surface area contributed by atoms with E-state index in [0.29, 0.717) is 83.8 Å². The van der Waals surface area contributed by atoms with Crippen molar-refractivity contribution in [1.82, 2.24) is 14.3 Å². The molecule has 0 aliphatic carbocycles. The SMILES string of the molecule is CCOC(=O)c1c(CCCOc2ccc(F)c3ccccc23)c2ccc(F)c3c2n1CCCCOCc1c-3c(C)nn1C. The van der Waals surface area contributed by atoms with Gasteiger partial charge in [-0.15, -0.1) is 0 Å². The first kappa shape index (κ1) is 28.9. The monoisotopic (exact) mass is 587 g/mol. The smallest absolute Gasteiger partial charge is 0.355 e. The summed E-state index contributed by atoms with van der Waals surface area (Å²) in [5.41, 5.74) is 4.52. The molecule has 224 valence electrons. The molecule has 3 aromatic carbocycles. The molecule has 0 saturated carbocycles. The van der Waals surface area contributed by atoms with E-state index in [1.807, 2.05) is 30.7 Å². The summed E-state index contributed by atoms with van der Waals surface area (Å²) in [5.74, 6) is -0.502. The van der Waals surface area contributed by atoms with Gasteiger partial charge in [-0.05, 0) is 69.4 Å². The third kappa shape index (κ3) is 5.27. The summed E-state index contributed by atoms with van der Waals surface area (Å²) in [6.07, 6.45) is 2.62. The van der Waals surface area contributed by atoms with Gasteiger partial charge in [-0.3, -0.25) is 4.68 Å². The van der Waals surface area contributed by atoms with Crippen LogP contribution in [0.3, 0.4) is 0 Å². The van der Waals surface area contributed by atoms with Crippen LogP contribution < -0.4 is 4.74 Å². The van der Waals surface area contributed by atoms with Gasteiger partial charge in [0.2, 0.25) is 0 Å². The van der Waals surface area contributed by atoms with E-state index in [1.165, 1.54) is 12.1 Å². The van der Waals surface area contributed by atoms with Gasteiger partial charge in [0.15, 0.2) is 0 Å². The van der Waals surface area contributed by atoms with Gasteiger partial charge >= 0.3 is 5.97 Å². The third-order valence-electron chi connectivity index (χ3n) is 8.16. The van der Waals surface area contributed by atoms with Crippen molar-refractivity contribution >= 4 is 27.6 Å². The Morgan fingerprint density at radius 2 is 1.79 bits per heavy atom. The average molecular weight is 588 g/mol. The zero-order valence-corrected chi connectivity index (χ0v) is 24.7. The molecule has 5 aromatic rings. The zero-order valence-electron chi connectivity index (χ0n) is 24.7. The highest BCUT2D eigenvalue weighted by Gasteiger charge is 2.30. The minimum absolute atomic E-state index is 0.224. The molecule has 0 fully saturated rings. The summed E-state index contributed by atoms with van der Waals surface area (Å²) in [4.78, 5) is 13.6. The number of esters is 1. The van der Waals surface area contributed by atoms with Crippen LogP contribution in [0.5, 0.6) is 5.75 Å². The molecule has 9 heteroatoms. The highest BCUT2D eigenvalue weighted by atomic mass is 19.1. The fraction of sp³-hybridized carbons (Fsp3) is 0.353. The van der Waals surface area contributed by atoms with Crippen LogP contribution in [0.2, 0.25) is 0 Å². The number of halogens is 2. The molecule has 0 unspecified atom stereocenters. The first-order valence-electron chi connectivity index (χ1n) is 14.8. The van der Waals surface area contributed by atoms with Crippen molar-refractivity contribution in [3.8, 4) is 16.9 Å². The van der Waals surface area contributed by atoms with Crippen LogP contribution in [0.15, 0.2) is 48.5 Å². The molecule has 1 aliphatic rings. The van der Waals surface area contributed by atoms with Gasteiger partial charge in [0.05, 0.1) is 36.7 Å². The van der Waals surface area contributed by atoms with Gasteiger partial charge in [0.25, 0.3) is 0 Å².